The molecule has 4 aromatic rings. The van der Waals surface area contributed by atoms with E-state index in [9.17, 15) is 19.2 Å². The number of ether oxygens (including phenoxy) is 1. The number of likely N-dealkylation sites (tertiary alicyclic amines) is 2. The molecule has 6 unspecified atom stereocenters. The SMILES string of the molecule is CNC(C)C(=O)NC(C(=O)N1CCCC1Cc1cn(CCOCCn2cc(CC3CCCN3C(=O)C(NC(=O)C(C)NC)C3CCCCC3)c3ccccc32)c2ccccc12)C1CCCCC1. The molecule has 13 nitrogen and oxygen atoms in total. The second-order valence-corrected chi connectivity index (χ2v) is 20.2. The third-order valence-electron chi connectivity index (χ3n) is 15.9. The molecular formula is C54H78N8O5. The Bertz CT molecular complexity index is 2130. The van der Waals surface area contributed by atoms with E-state index < -0.39 is 12.1 Å². The summed E-state index contributed by atoms with van der Waals surface area (Å²) in [6.07, 6.45) is 20.7. The largest absolute Gasteiger partial charge is 0.378 e. The highest BCUT2D eigenvalue weighted by Crippen LogP contribution is 2.34. The van der Waals surface area contributed by atoms with E-state index in [1.54, 1.807) is 14.1 Å². The average molecular weight is 919 g/mol. The van der Waals surface area contributed by atoms with Crippen LogP contribution in [0.3, 0.4) is 0 Å². The number of benzene rings is 2. The van der Waals surface area contributed by atoms with Crippen molar-refractivity contribution < 1.29 is 23.9 Å². The van der Waals surface area contributed by atoms with Gasteiger partial charge in [0.25, 0.3) is 0 Å². The van der Waals surface area contributed by atoms with E-state index in [2.05, 4.69) is 101 Å². The van der Waals surface area contributed by atoms with Gasteiger partial charge in [-0.25, -0.2) is 0 Å². The molecule has 2 aliphatic carbocycles. The van der Waals surface area contributed by atoms with Crippen LogP contribution in [0.25, 0.3) is 21.8 Å². The number of fused-ring (bicyclic) bond motifs is 2. The van der Waals surface area contributed by atoms with Gasteiger partial charge < -0.3 is 44.9 Å². The number of nitrogens with one attached hydrogen (secondary N) is 4. The summed E-state index contributed by atoms with van der Waals surface area (Å²) in [6.45, 7) is 7.71. The molecule has 4 aliphatic rings. The molecule has 0 radical (unpaired) electrons. The van der Waals surface area contributed by atoms with Crippen molar-refractivity contribution in [3.63, 3.8) is 0 Å². The summed E-state index contributed by atoms with van der Waals surface area (Å²) in [5, 5.41) is 14.9. The van der Waals surface area contributed by atoms with E-state index in [0.717, 1.165) is 103 Å². The maximum atomic E-state index is 14.4. The third kappa shape index (κ3) is 11.4. The Balaban J connectivity index is 0.890. The van der Waals surface area contributed by atoms with Gasteiger partial charge in [0.05, 0.1) is 25.3 Å². The molecule has 364 valence electrons. The van der Waals surface area contributed by atoms with Crippen molar-refractivity contribution in [3.05, 3.63) is 72.1 Å². The van der Waals surface area contributed by atoms with Crippen molar-refractivity contribution in [2.45, 2.75) is 166 Å². The highest BCUT2D eigenvalue weighted by molar-refractivity contribution is 5.91. The van der Waals surface area contributed by atoms with Crippen molar-refractivity contribution in [1.29, 1.82) is 0 Å². The highest BCUT2D eigenvalue weighted by atomic mass is 16.5. The summed E-state index contributed by atoms with van der Waals surface area (Å²) in [6, 6.07) is 15.6. The van der Waals surface area contributed by atoms with Gasteiger partial charge in [-0.05, 0) is 127 Å². The van der Waals surface area contributed by atoms with E-state index in [1.165, 1.54) is 45.8 Å². The predicted molar refractivity (Wildman–Crippen MR) is 266 cm³/mol. The molecule has 2 aliphatic heterocycles. The van der Waals surface area contributed by atoms with Crippen LogP contribution in [0.15, 0.2) is 60.9 Å². The highest BCUT2D eigenvalue weighted by Gasteiger charge is 2.40. The fourth-order valence-electron chi connectivity index (χ4n) is 11.8. The zero-order valence-corrected chi connectivity index (χ0v) is 40.8. The number of amides is 4. The van der Waals surface area contributed by atoms with E-state index in [4.69, 9.17) is 4.74 Å². The van der Waals surface area contributed by atoms with Crippen LogP contribution in [0.1, 0.15) is 115 Å². The maximum Gasteiger partial charge on any atom is 0.245 e. The molecule has 2 saturated carbocycles. The lowest BCUT2D eigenvalue weighted by molar-refractivity contribution is -0.139. The first-order chi connectivity index (χ1) is 32.6. The fourth-order valence-corrected chi connectivity index (χ4v) is 11.8. The average Bonchev–Trinajstić information content (AvgIpc) is 4.18. The molecule has 4 heterocycles. The molecule has 6 atom stereocenters. The number of hydrogen-bond acceptors (Lipinski definition) is 7. The van der Waals surface area contributed by atoms with Crippen LogP contribution in [0.2, 0.25) is 0 Å². The number of likely N-dealkylation sites (N-methyl/N-ethyl adjacent to an activating group) is 2. The molecule has 2 aromatic heterocycles. The topological polar surface area (TPSA) is 142 Å². The Labute approximate surface area is 398 Å². The Hall–Kier alpha value is -4.72. The van der Waals surface area contributed by atoms with Crippen molar-refractivity contribution in [2.75, 3.05) is 40.4 Å². The minimum absolute atomic E-state index is 0.0849. The number of rotatable bonds is 20. The van der Waals surface area contributed by atoms with Crippen LogP contribution < -0.4 is 21.3 Å². The lowest BCUT2D eigenvalue weighted by atomic mass is 9.83. The van der Waals surface area contributed by atoms with E-state index >= 15 is 0 Å². The maximum absolute atomic E-state index is 14.4. The molecular weight excluding hydrogens is 841 g/mol. The van der Waals surface area contributed by atoms with Crippen LogP contribution in [-0.4, -0.2) is 119 Å². The number of carbonyl (C=O) groups is 4. The van der Waals surface area contributed by atoms with Gasteiger partial charge in [-0.3, -0.25) is 19.2 Å². The number of aromatic nitrogens is 2. The van der Waals surface area contributed by atoms with Crippen LogP contribution in [0.5, 0.6) is 0 Å². The summed E-state index contributed by atoms with van der Waals surface area (Å²) < 4.78 is 11.0. The van der Waals surface area contributed by atoms with Gasteiger partial charge in [0, 0.05) is 72.5 Å². The van der Waals surface area contributed by atoms with Crippen LogP contribution in [0, 0.1) is 11.8 Å². The van der Waals surface area contributed by atoms with Crippen molar-refractivity contribution in [2.24, 2.45) is 11.8 Å². The summed E-state index contributed by atoms with van der Waals surface area (Å²) in [4.78, 5) is 59.3. The molecule has 8 rings (SSSR count). The minimum atomic E-state index is -0.481. The summed E-state index contributed by atoms with van der Waals surface area (Å²) in [5.74, 6) is 0.303. The standard InChI is InChI=1S/C54H78N8O5/c1-37(55-3)51(63)57-49(39-17-7-5-8-18-39)53(65)61-27-15-21-43(61)33-41-35-59(47-25-13-11-23-45(41)47)29-31-67-32-30-60-36-42(46-24-12-14-26-48(46)60)34-44-22-16-28-62(44)54(66)50(40-19-9-6-10-20-40)58-52(64)38(2)56-4/h11-14,23-26,35-40,43-44,49-50,55-56H,5-10,15-22,27-34H2,1-4H3,(H,57,63)(H,58,64). The van der Waals surface area contributed by atoms with Gasteiger partial charge in [0.15, 0.2) is 0 Å². The van der Waals surface area contributed by atoms with Gasteiger partial charge in [-0.15, -0.1) is 0 Å². The Morgan fingerprint density at radius 2 is 0.970 bits per heavy atom. The smallest absolute Gasteiger partial charge is 0.245 e. The monoisotopic (exact) mass is 919 g/mol. The van der Waals surface area contributed by atoms with E-state index in [-0.39, 0.29) is 59.6 Å². The normalized spacial score (nSPS) is 21.4. The molecule has 4 amide bonds. The number of nitrogens with zero attached hydrogens (tertiary/aromatic N) is 4. The first-order valence-electron chi connectivity index (χ1n) is 25.9. The van der Waals surface area contributed by atoms with Crippen molar-refractivity contribution in [3.8, 4) is 0 Å². The second-order valence-electron chi connectivity index (χ2n) is 20.2. The van der Waals surface area contributed by atoms with Crippen LogP contribution in [0.4, 0.5) is 0 Å². The Kier molecular flexibility index (Phi) is 16.8. The van der Waals surface area contributed by atoms with Crippen molar-refractivity contribution >= 4 is 45.4 Å². The summed E-state index contributed by atoms with van der Waals surface area (Å²) >= 11 is 0. The van der Waals surface area contributed by atoms with Gasteiger partial charge in [0.2, 0.25) is 23.6 Å². The Morgan fingerprint density at radius 3 is 1.37 bits per heavy atom. The predicted octanol–water partition coefficient (Wildman–Crippen LogP) is 6.73. The molecule has 0 bridgehead atoms. The quantitative estimate of drug-likeness (QED) is 0.0722. The van der Waals surface area contributed by atoms with Crippen LogP contribution in [-0.2, 0) is 49.8 Å². The number of hydrogen-bond donors (Lipinski definition) is 4. The third-order valence-corrected chi connectivity index (χ3v) is 15.9. The molecule has 4 N–H and O–H groups in total. The molecule has 4 fully saturated rings. The minimum Gasteiger partial charge on any atom is -0.378 e. The zero-order valence-electron chi connectivity index (χ0n) is 40.8. The molecule has 13 heteroatoms. The summed E-state index contributed by atoms with van der Waals surface area (Å²) in [7, 11) is 3.56. The second kappa shape index (κ2) is 23.1. The zero-order chi connectivity index (χ0) is 46.9. The van der Waals surface area contributed by atoms with E-state index in [0.29, 0.717) is 26.3 Å². The number of para-hydroxylation sites is 2. The van der Waals surface area contributed by atoms with E-state index in [1.807, 2.05) is 13.8 Å². The van der Waals surface area contributed by atoms with Gasteiger partial charge in [-0.2, -0.15) is 0 Å². The first kappa shape index (κ1) is 48.7. The lowest BCUT2D eigenvalue weighted by Crippen LogP contribution is -2.56. The van der Waals surface area contributed by atoms with Crippen molar-refractivity contribution in [1.82, 2.24) is 40.2 Å². The molecule has 0 spiro atoms. The van der Waals surface area contributed by atoms with Crippen LogP contribution >= 0.6 is 0 Å². The number of carbonyl (C=O) groups excluding carboxylic acids is 4. The molecule has 2 aromatic carbocycles. The fraction of sp³-hybridized carbons (Fsp3) is 0.630. The summed E-state index contributed by atoms with van der Waals surface area (Å²) in [5.41, 5.74) is 4.83. The molecule has 2 saturated heterocycles. The lowest BCUT2D eigenvalue weighted by Gasteiger charge is -2.35. The van der Waals surface area contributed by atoms with Gasteiger partial charge in [0.1, 0.15) is 12.1 Å². The van der Waals surface area contributed by atoms with Gasteiger partial charge >= 0.3 is 0 Å². The van der Waals surface area contributed by atoms with Gasteiger partial charge in [-0.1, -0.05) is 74.9 Å². The molecule has 67 heavy (non-hydrogen) atoms. The first-order valence-corrected chi connectivity index (χ1v) is 25.9. The Morgan fingerprint density at radius 1 is 0.567 bits per heavy atom.